The summed E-state index contributed by atoms with van der Waals surface area (Å²) in [4.78, 5) is 0.896. The minimum atomic E-state index is -3.21. The van der Waals surface area contributed by atoms with Crippen LogP contribution in [0, 0.1) is 0 Å². The van der Waals surface area contributed by atoms with Gasteiger partial charge in [-0.05, 0) is 12.8 Å². The Morgan fingerprint density at radius 3 is 2.10 bits per heavy atom. The van der Waals surface area contributed by atoms with Gasteiger partial charge in [-0.25, -0.2) is 9.29 Å². The van der Waals surface area contributed by atoms with E-state index >= 15 is 0 Å². The van der Waals surface area contributed by atoms with Crippen LogP contribution in [0.1, 0.15) is 12.8 Å². The Bertz CT molecular complexity index is 110. The quantitative estimate of drug-likeness (QED) is 0.545. The number of hydrogen-bond donors (Lipinski definition) is 0. The first-order chi connectivity index (χ1) is 4.67. The molecule has 1 aliphatic heterocycles. The highest BCUT2D eigenvalue weighted by Gasteiger charge is 2.38. The lowest BCUT2D eigenvalue weighted by atomic mass is 10.4. The maximum atomic E-state index is 12.4. The molecule has 0 spiro atoms. The van der Waals surface area contributed by atoms with Gasteiger partial charge in [-0.3, -0.25) is 0 Å². The van der Waals surface area contributed by atoms with Crippen molar-refractivity contribution < 1.29 is 13.2 Å². The summed E-state index contributed by atoms with van der Waals surface area (Å²) in [6, 6.07) is -3.21. The van der Waals surface area contributed by atoms with E-state index in [1.807, 2.05) is 0 Å². The van der Waals surface area contributed by atoms with E-state index in [-0.39, 0.29) is 0 Å². The maximum Gasteiger partial charge on any atom is 0.332 e. The van der Waals surface area contributed by atoms with Crippen LogP contribution in [0.3, 0.4) is 0 Å². The molecular formula is C6H10F3N. The van der Waals surface area contributed by atoms with E-state index in [1.165, 1.54) is 0 Å². The fraction of sp³-hybridized carbons (Fsp3) is 1.00. The zero-order valence-corrected chi connectivity index (χ0v) is 5.62. The number of hydrogen-bond acceptors (Lipinski definition) is 1. The molecule has 0 N–H and O–H groups in total. The Balaban J connectivity index is 2.45. The fourth-order valence-electron chi connectivity index (χ4n) is 1.13. The predicted octanol–water partition coefficient (Wildman–Crippen LogP) is 1.64. The van der Waals surface area contributed by atoms with Gasteiger partial charge in [-0.2, -0.15) is 8.78 Å². The second kappa shape index (κ2) is 2.78. The van der Waals surface area contributed by atoms with Crippen molar-refractivity contribution in [2.75, 3.05) is 19.8 Å². The van der Waals surface area contributed by atoms with Crippen LogP contribution < -0.4 is 0 Å². The van der Waals surface area contributed by atoms with Crippen molar-refractivity contribution in [3.05, 3.63) is 0 Å². The zero-order valence-electron chi connectivity index (χ0n) is 5.62. The van der Waals surface area contributed by atoms with Crippen LogP contribution in [0.2, 0.25) is 0 Å². The highest BCUT2D eigenvalue weighted by Crippen LogP contribution is 2.24. The van der Waals surface area contributed by atoms with Crippen molar-refractivity contribution in [3.63, 3.8) is 0 Å². The molecule has 1 heterocycles. The molecule has 10 heavy (non-hydrogen) atoms. The predicted molar refractivity (Wildman–Crippen MR) is 31.7 cm³/mol. The molecule has 60 valence electrons. The van der Waals surface area contributed by atoms with Crippen LogP contribution in [0.4, 0.5) is 13.2 Å². The van der Waals surface area contributed by atoms with Crippen molar-refractivity contribution in [2.45, 2.75) is 18.9 Å². The Morgan fingerprint density at radius 1 is 1.20 bits per heavy atom. The average molecular weight is 153 g/mol. The molecule has 0 bridgehead atoms. The molecule has 1 nitrogen and oxygen atoms in total. The molecule has 0 aromatic carbocycles. The monoisotopic (exact) mass is 153 g/mol. The summed E-state index contributed by atoms with van der Waals surface area (Å²) in [6.07, 6.45) is 1.52. The summed E-state index contributed by atoms with van der Waals surface area (Å²) in [5.41, 5.74) is 0. The Hall–Kier alpha value is -0.250. The minimum absolute atomic E-state index is 0.330. The first-order valence-electron chi connectivity index (χ1n) is 3.35. The largest absolute Gasteiger partial charge is 0.332 e. The van der Waals surface area contributed by atoms with Crippen molar-refractivity contribution in [3.8, 4) is 0 Å². The van der Waals surface area contributed by atoms with Crippen LogP contribution in [-0.4, -0.2) is 30.7 Å². The molecule has 1 fully saturated rings. The lowest BCUT2D eigenvalue weighted by molar-refractivity contribution is -0.148. The zero-order chi connectivity index (χ0) is 7.61. The smallest absolute Gasteiger partial charge is 0.243 e. The van der Waals surface area contributed by atoms with Gasteiger partial charge < -0.3 is 0 Å². The SMILES string of the molecule is FCC(F)(F)N1CCCC1. The lowest BCUT2D eigenvalue weighted by Crippen LogP contribution is -2.41. The van der Waals surface area contributed by atoms with Crippen molar-refractivity contribution in [1.82, 2.24) is 4.90 Å². The van der Waals surface area contributed by atoms with Gasteiger partial charge in [0.25, 0.3) is 0 Å². The van der Waals surface area contributed by atoms with Crippen LogP contribution in [-0.2, 0) is 0 Å². The third-order valence-corrected chi connectivity index (χ3v) is 1.73. The highest BCUT2D eigenvalue weighted by molar-refractivity contribution is 4.73. The van der Waals surface area contributed by atoms with Gasteiger partial charge in [0.05, 0.1) is 0 Å². The molecule has 0 atom stereocenters. The van der Waals surface area contributed by atoms with Crippen molar-refractivity contribution >= 4 is 0 Å². The lowest BCUT2D eigenvalue weighted by Gasteiger charge is -2.23. The number of nitrogens with zero attached hydrogens (tertiary/aromatic N) is 1. The maximum absolute atomic E-state index is 12.4. The number of alkyl halides is 3. The highest BCUT2D eigenvalue weighted by atomic mass is 19.3. The third kappa shape index (κ3) is 1.42. The topological polar surface area (TPSA) is 3.24 Å². The van der Waals surface area contributed by atoms with Gasteiger partial charge in [0, 0.05) is 13.1 Å². The first kappa shape index (κ1) is 7.85. The summed E-state index contributed by atoms with van der Waals surface area (Å²) in [5.74, 6) is 0. The van der Waals surface area contributed by atoms with E-state index in [2.05, 4.69) is 0 Å². The normalized spacial score (nSPS) is 21.9. The molecule has 0 unspecified atom stereocenters. The molecule has 0 radical (unpaired) electrons. The third-order valence-electron chi connectivity index (χ3n) is 1.73. The molecule has 1 aliphatic rings. The van der Waals surface area contributed by atoms with Gasteiger partial charge in [-0.15, -0.1) is 0 Å². The van der Waals surface area contributed by atoms with E-state index in [0.717, 1.165) is 17.7 Å². The summed E-state index contributed by atoms with van der Waals surface area (Å²) in [5, 5.41) is 0. The second-order valence-electron chi connectivity index (χ2n) is 2.49. The van der Waals surface area contributed by atoms with Crippen molar-refractivity contribution in [2.24, 2.45) is 0 Å². The van der Waals surface area contributed by atoms with Gasteiger partial charge in [0.1, 0.15) is 0 Å². The molecule has 0 aromatic heterocycles. The Labute approximate surface area is 57.8 Å². The van der Waals surface area contributed by atoms with Gasteiger partial charge in [0.2, 0.25) is 0 Å². The molecule has 0 aliphatic carbocycles. The van der Waals surface area contributed by atoms with E-state index in [9.17, 15) is 13.2 Å². The molecule has 0 amide bonds. The molecule has 0 saturated carbocycles. The van der Waals surface area contributed by atoms with E-state index < -0.39 is 12.7 Å². The Morgan fingerprint density at radius 2 is 1.70 bits per heavy atom. The van der Waals surface area contributed by atoms with Crippen LogP contribution in [0.25, 0.3) is 0 Å². The molecule has 0 aromatic rings. The summed E-state index contributed by atoms with van der Waals surface area (Å²) >= 11 is 0. The van der Waals surface area contributed by atoms with Crippen LogP contribution in [0.15, 0.2) is 0 Å². The number of likely N-dealkylation sites (tertiary alicyclic amines) is 1. The number of rotatable bonds is 2. The average Bonchev–Trinajstić information content (AvgIpc) is 2.38. The second-order valence-corrected chi connectivity index (χ2v) is 2.49. The summed E-state index contributed by atoms with van der Waals surface area (Å²) in [7, 11) is 0. The van der Waals surface area contributed by atoms with E-state index in [0.29, 0.717) is 13.1 Å². The number of halogens is 3. The summed E-state index contributed by atoms with van der Waals surface area (Å²) in [6.45, 7) is -0.902. The first-order valence-corrected chi connectivity index (χ1v) is 3.35. The standard InChI is InChI=1S/C6H10F3N/c7-5-6(8,9)10-3-1-2-4-10/h1-5H2. The fourth-order valence-corrected chi connectivity index (χ4v) is 1.13. The van der Waals surface area contributed by atoms with Crippen molar-refractivity contribution in [1.29, 1.82) is 0 Å². The minimum Gasteiger partial charge on any atom is -0.243 e. The van der Waals surface area contributed by atoms with Crippen LogP contribution >= 0.6 is 0 Å². The van der Waals surface area contributed by atoms with Gasteiger partial charge in [0.15, 0.2) is 6.67 Å². The van der Waals surface area contributed by atoms with E-state index in [1.54, 1.807) is 0 Å². The summed E-state index contributed by atoms with van der Waals surface area (Å²) < 4.78 is 36.4. The Kier molecular flexibility index (Phi) is 2.18. The molecule has 1 rings (SSSR count). The molecule has 1 saturated heterocycles. The van der Waals surface area contributed by atoms with E-state index in [4.69, 9.17) is 0 Å². The van der Waals surface area contributed by atoms with Gasteiger partial charge >= 0.3 is 6.05 Å². The van der Waals surface area contributed by atoms with Crippen LogP contribution in [0.5, 0.6) is 0 Å². The molecule has 4 heteroatoms. The molecular weight excluding hydrogens is 143 g/mol. The van der Waals surface area contributed by atoms with Gasteiger partial charge in [-0.1, -0.05) is 0 Å².